The van der Waals surface area contributed by atoms with E-state index in [-0.39, 0.29) is 10.6 Å². The molecule has 2 aromatic carbocycles. The average molecular weight is 423 g/mol. The van der Waals surface area contributed by atoms with Gasteiger partial charge in [0.05, 0.1) is 28.8 Å². The number of sulfonamides is 1. The lowest BCUT2D eigenvalue weighted by molar-refractivity contribution is -0.136. The van der Waals surface area contributed by atoms with Crippen LogP contribution in [0.25, 0.3) is 5.69 Å². The standard InChI is InChI=1S/C20H20F3N3O2S/c1-19(2,3)18-17(13-26(24-18)14-9-5-4-6-10-14)29(27,28)25-16-12-8-7-11-15(16)20(21,22)23/h4-13,25H,1-3H3. The summed E-state index contributed by atoms with van der Waals surface area (Å²) in [5.74, 6) is 0. The normalized spacial score (nSPS) is 12.8. The summed E-state index contributed by atoms with van der Waals surface area (Å²) in [6, 6.07) is 13.3. The van der Waals surface area contributed by atoms with E-state index in [1.807, 2.05) is 6.07 Å². The van der Waals surface area contributed by atoms with E-state index in [0.29, 0.717) is 5.69 Å². The summed E-state index contributed by atoms with van der Waals surface area (Å²) in [7, 11) is -4.33. The molecule has 29 heavy (non-hydrogen) atoms. The van der Waals surface area contributed by atoms with Gasteiger partial charge in [-0.05, 0) is 24.3 Å². The number of hydrogen-bond acceptors (Lipinski definition) is 3. The van der Waals surface area contributed by atoms with Crippen LogP contribution in [0.1, 0.15) is 32.0 Å². The highest BCUT2D eigenvalue weighted by Crippen LogP contribution is 2.36. The van der Waals surface area contributed by atoms with Crippen LogP contribution in [-0.2, 0) is 21.6 Å². The first-order valence-electron chi connectivity index (χ1n) is 8.74. The molecule has 0 unspecified atom stereocenters. The van der Waals surface area contributed by atoms with E-state index in [2.05, 4.69) is 9.82 Å². The van der Waals surface area contributed by atoms with Gasteiger partial charge in [0.2, 0.25) is 0 Å². The van der Waals surface area contributed by atoms with Gasteiger partial charge in [0.1, 0.15) is 4.90 Å². The summed E-state index contributed by atoms with van der Waals surface area (Å²) in [4.78, 5) is -0.175. The summed E-state index contributed by atoms with van der Waals surface area (Å²) in [6.45, 7) is 5.36. The number of nitrogens with one attached hydrogen (secondary N) is 1. The second kappa shape index (κ2) is 7.22. The number of hydrogen-bond donors (Lipinski definition) is 1. The molecule has 3 rings (SSSR count). The smallest absolute Gasteiger partial charge is 0.279 e. The topological polar surface area (TPSA) is 64.0 Å². The highest BCUT2D eigenvalue weighted by Gasteiger charge is 2.36. The summed E-state index contributed by atoms with van der Waals surface area (Å²) in [6.07, 6.45) is -3.38. The highest BCUT2D eigenvalue weighted by molar-refractivity contribution is 7.92. The van der Waals surface area contributed by atoms with Gasteiger partial charge in [-0.25, -0.2) is 13.1 Å². The van der Waals surface area contributed by atoms with Crippen LogP contribution in [0.3, 0.4) is 0 Å². The average Bonchev–Trinajstić information content (AvgIpc) is 3.09. The van der Waals surface area contributed by atoms with Crippen molar-refractivity contribution in [3.63, 3.8) is 0 Å². The van der Waals surface area contributed by atoms with Crippen molar-refractivity contribution < 1.29 is 21.6 Å². The van der Waals surface area contributed by atoms with E-state index in [1.165, 1.54) is 23.0 Å². The lowest BCUT2D eigenvalue weighted by Gasteiger charge is -2.19. The predicted molar refractivity (Wildman–Crippen MR) is 105 cm³/mol. The third-order valence-electron chi connectivity index (χ3n) is 4.18. The van der Waals surface area contributed by atoms with E-state index in [0.717, 1.165) is 12.1 Å². The van der Waals surface area contributed by atoms with Crippen molar-refractivity contribution >= 4 is 15.7 Å². The van der Waals surface area contributed by atoms with Crippen LogP contribution in [0.5, 0.6) is 0 Å². The fourth-order valence-electron chi connectivity index (χ4n) is 2.81. The van der Waals surface area contributed by atoms with Crippen molar-refractivity contribution in [3.05, 3.63) is 72.1 Å². The van der Waals surface area contributed by atoms with Crippen LogP contribution in [0.2, 0.25) is 0 Å². The van der Waals surface area contributed by atoms with Gasteiger partial charge in [0.25, 0.3) is 10.0 Å². The molecular formula is C20H20F3N3O2S. The molecule has 0 fully saturated rings. The van der Waals surface area contributed by atoms with Gasteiger partial charge in [-0.2, -0.15) is 18.3 Å². The Hall–Kier alpha value is -2.81. The van der Waals surface area contributed by atoms with E-state index in [1.54, 1.807) is 45.0 Å². The fourth-order valence-corrected chi connectivity index (χ4v) is 4.22. The lowest BCUT2D eigenvalue weighted by Crippen LogP contribution is -2.21. The molecule has 1 N–H and O–H groups in total. The zero-order chi connectivity index (χ0) is 21.4. The van der Waals surface area contributed by atoms with Crippen molar-refractivity contribution in [2.75, 3.05) is 4.72 Å². The Morgan fingerprint density at radius 2 is 1.52 bits per heavy atom. The molecule has 3 aromatic rings. The molecule has 0 saturated carbocycles. The molecule has 1 aromatic heterocycles. The molecule has 0 saturated heterocycles. The molecule has 0 atom stereocenters. The largest absolute Gasteiger partial charge is 0.418 e. The number of rotatable bonds is 4. The second-order valence-electron chi connectivity index (χ2n) is 7.52. The zero-order valence-electron chi connectivity index (χ0n) is 16.0. The maximum absolute atomic E-state index is 13.3. The second-order valence-corrected chi connectivity index (χ2v) is 9.17. The Labute approximate surface area is 167 Å². The third kappa shape index (κ3) is 4.45. The van der Waals surface area contributed by atoms with Crippen molar-refractivity contribution in [2.45, 2.75) is 37.3 Å². The molecular weight excluding hydrogens is 403 g/mol. The number of alkyl halides is 3. The first kappa shape index (κ1) is 20.9. The van der Waals surface area contributed by atoms with Gasteiger partial charge in [0, 0.05) is 5.41 Å². The highest BCUT2D eigenvalue weighted by atomic mass is 32.2. The Balaban J connectivity index is 2.11. The lowest BCUT2D eigenvalue weighted by atomic mass is 9.92. The van der Waals surface area contributed by atoms with Crippen molar-refractivity contribution in [1.29, 1.82) is 0 Å². The first-order valence-corrected chi connectivity index (χ1v) is 10.2. The van der Waals surface area contributed by atoms with E-state index < -0.39 is 32.9 Å². The minimum Gasteiger partial charge on any atom is -0.279 e. The molecule has 0 spiro atoms. The molecule has 154 valence electrons. The number of nitrogens with zero attached hydrogens (tertiary/aromatic N) is 2. The van der Waals surface area contributed by atoms with E-state index >= 15 is 0 Å². The summed E-state index contributed by atoms with van der Waals surface area (Å²) >= 11 is 0. The van der Waals surface area contributed by atoms with Crippen LogP contribution < -0.4 is 4.72 Å². The summed E-state index contributed by atoms with van der Waals surface area (Å²) in [5.41, 5.74) is -1.37. The fraction of sp³-hybridized carbons (Fsp3) is 0.250. The minimum absolute atomic E-state index is 0.175. The minimum atomic E-state index is -4.69. The third-order valence-corrected chi connectivity index (χ3v) is 5.54. The Bertz CT molecular complexity index is 1120. The van der Waals surface area contributed by atoms with Crippen molar-refractivity contribution in [2.24, 2.45) is 0 Å². The van der Waals surface area contributed by atoms with Crippen LogP contribution in [-0.4, -0.2) is 18.2 Å². The van der Waals surface area contributed by atoms with Crippen LogP contribution in [0.4, 0.5) is 18.9 Å². The van der Waals surface area contributed by atoms with Gasteiger partial charge in [-0.3, -0.25) is 4.72 Å². The zero-order valence-corrected chi connectivity index (χ0v) is 16.8. The summed E-state index contributed by atoms with van der Waals surface area (Å²) in [5, 5.41) is 4.41. The van der Waals surface area contributed by atoms with Crippen LogP contribution >= 0.6 is 0 Å². The summed E-state index contributed by atoms with van der Waals surface area (Å²) < 4.78 is 69.4. The molecule has 0 radical (unpaired) electrons. The van der Waals surface area contributed by atoms with Crippen molar-refractivity contribution in [1.82, 2.24) is 9.78 Å². The van der Waals surface area contributed by atoms with E-state index in [9.17, 15) is 21.6 Å². The number of halogens is 3. The van der Waals surface area contributed by atoms with Crippen LogP contribution in [0.15, 0.2) is 65.7 Å². The van der Waals surface area contributed by atoms with Crippen molar-refractivity contribution in [3.8, 4) is 5.69 Å². The monoisotopic (exact) mass is 423 g/mol. The first-order chi connectivity index (χ1) is 13.4. The molecule has 0 bridgehead atoms. The molecule has 0 aliphatic heterocycles. The number of aromatic nitrogens is 2. The molecule has 0 amide bonds. The van der Waals surface area contributed by atoms with E-state index in [4.69, 9.17) is 0 Å². The molecule has 0 aliphatic rings. The maximum Gasteiger partial charge on any atom is 0.418 e. The van der Waals surface area contributed by atoms with Gasteiger partial charge in [-0.1, -0.05) is 51.1 Å². The maximum atomic E-state index is 13.3. The van der Waals surface area contributed by atoms with Gasteiger partial charge in [-0.15, -0.1) is 0 Å². The number of benzene rings is 2. The van der Waals surface area contributed by atoms with Gasteiger partial charge in [0.15, 0.2) is 0 Å². The molecule has 5 nitrogen and oxygen atoms in total. The quantitative estimate of drug-likeness (QED) is 0.643. The molecule has 0 aliphatic carbocycles. The Morgan fingerprint density at radius 3 is 2.10 bits per heavy atom. The predicted octanol–water partition coefficient (Wildman–Crippen LogP) is 4.99. The molecule has 1 heterocycles. The Morgan fingerprint density at radius 1 is 0.931 bits per heavy atom. The number of anilines is 1. The SMILES string of the molecule is CC(C)(C)c1nn(-c2ccccc2)cc1S(=O)(=O)Nc1ccccc1C(F)(F)F. The van der Waals surface area contributed by atoms with Crippen LogP contribution in [0, 0.1) is 0 Å². The van der Waals surface area contributed by atoms with Gasteiger partial charge < -0.3 is 0 Å². The number of para-hydroxylation sites is 2. The van der Waals surface area contributed by atoms with Gasteiger partial charge >= 0.3 is 6.18 Å². The molecule has 9 heteroatoms. The Kier molecular flexibility index (Phi) is 5.20.